The molecule has 0 aromatic carbocycles. The van der Waals surface area contributed by atoms with Gasteiger partial charge < -0.3 is 4.74 Å². The first-order valence-electron chi connectivity index (χ1n) is 10.2. The number of nitrogens with one attached hydrogen (secondary N) is 1. The van der Waals surface area contributed by atoms with Gasteiger partial charge in [0.2, 0.25) is 0 Å². The Bertz CT molecular complexity index is 740. The lowest BCUT2D eigenvalue weighted by molar-refractivity contribution is 0.146. The van der Waals surface area contributed by atoms with E-state index in [0.29, 0.717) is 17.3 Å². The molecular weight excluding hydrogens is 304 g/mol. The molecule has 4 aliphatic heterocycles. The average Bonchev–Trinajstić information content (AvgIpc) is 3.23. The van der Waals surface area contributed by atoms with Gasteiger partial charge in [-0.15, -0.1) is 11.8 Å². The molecule has 0 amide bonds. The molecule has 1 aliphatic carbocycles. The molecule has 1 N–H and O–H groups in total. The number of allylic oxidation sites excluding steroid dienone is 2. The Kier molecular flexibility index (Phi) is 2.77. The zero-order valence-corrected chi connectivity index (χ0v) is 13.9. The molecule has 0 radical (unpaired) electrons. The summed E-state index contributed by atoms with van der Waals surface area (Å²) >= 11 is 2.00. The van der Waals surface area contributed by atoms with E-state index in [1.165, 1.54) is 24.2 Å². The van der Waals surface area contributed by atoms with Crippen molar-refractivity contribution in [2.75, 3.05) is 5.75 Å². The summed E-state index contributed by atoms with van der Waals surface area (Å²) < 4.78 is 29.1. The van der Waals surface area contributed by atoms with Gasteiger partial charge in [-0.05, 0) is 61.9 Å². The van der Waals surface area contributed by atoms with Crippen LogP contribution >= 0.6 is 11.8 Å². The van der Waals surface area contributed by atoms with Crippen LogP contribution in [0.1, 0.15) is 43.1 Å². The third-order valence-corrected chi connectivity index (χ3v) is 7.01. The van der Waals surface area contributed by atoms with Gasteiger partial charge in [-0.2, -0.15) is 0 Å². The topological polar surface area (TPSA) is 33.6 Å². The summed E-state index contributed by atoms with van der Waals surface area (Å²) in [5.41, 5.74) is 3.13. The minimum absolute atomic E-state index is 0.172. The molecule has 2 saturated heterocycles. The Balaban J connectivity index is 1.44. The molecule has 0 spiro atoms. The molecular formula is C19H24N2OS. The Morgan fingerprint density at radius 3 is 3.39 bits per heavy atom. The summed E-state index contributed by atoms with van der Waals surface area (Å²) in [6.45, 7) is -2.17. The Hall–Kier alpha value is -1.00. The number of fused-ring (bicyclic) bond motifs is 4. The fourth-order valence-corrected chi connectivity index (χ4v) is 5.95. The van der Waals surface area contributed by atoms with E-state index in [1.54, 1.807) is 11.6 Å². The predicted octanol–water partition coefficient (Wildman–Crippen LogP) is 3.80. The summed E-state index contributed by atoms with van der Waals surface area (Å²) in [7, 11) is 0. The third kappa shape index (κ3) is 2.33. The fraction of sp³-hybridized carbons (Fsp3) is 0.632. The van der Waals surface area contributed by atoms with Crippen molar-refractivity contribution < 1.29 is 8.85 Å². The minimum Gasteiger partial charge on any atom is -0.472 e. The van der Waals surface area contributed by atoms with Crippen molar-refractivity contribution >= 4 is 17.5 Å². The molecule has 2 unspecified atom stereocenters. The van der Waals surface area contributed by atoms with Gasteiger partial charge in [0, 0.05) is 27.7 Å². The van der Waals surface area contributed by atoms with Crippen LogP contribution in [0.3, 0.4) is 0 Å². The van der Waals surface area contributed by atoms with E-state index in [0.717, 1.165) is 25.0 Å². The van der Waals surface area contributed by atoms with Crippen molar-refractivity contribution in [2.45, 2.75) is 56.6 Å². The van der Waals surface area contributed by atoms with Gasteiger partial charge in [-0.25, -0.2) is 4.99 Å². The molecule has 2 fully saturated rings. The molecule has 0 aromatic heterocycles. The van der Waals surface area contributed by atoms with Crippen LogP contribution in [0.4, 0.5) is 0 Å². The van der Waals surface area contributed by atoms with Crippen LogP contribution in [0, 0.1) is 11.8 Å². The van der Waals surface area contributed by atoms with Gasteiger partial charge in [-0.1, -0.05) is 12.2 Å². The van der Waals surface area contributed by atoms with Crippen LogP contribution in [0.15, 0.2) is 40.1 Å². The molecule has 3 nitrogen and oxygen atoms in total. The van der Waals surface area contributed by atoms with E-state index < -0.39 is 6.85 Å². The maximum atomic E-state index is 7.61. The number of aliphatic imine (C=N–C) groups is 1. The van der Waals surface area contributed by atoms with Crippen LogP contribution in [0.5, 0.6) is 0 Å². The highest BCUT2D eigenvalue weighted by Gasteiger charge is 2.45. The highest BCUT2D eigenvalue weighted by atomic mass is 32.2. The lowest BCUT2D eigenvalue weighted by atomic mass is 9.78. The zero-order valence-electron chi connectivity index (χ0n) is 16.1. The van der Waals surface area contributed by atoms with Crippen molar-refractivity contribution in [3.63, 3.8) is 0 Å². The van der Waals surface area contributed by atoms with E-state index in [-0.39, 0.29) is 17.9 Å². The number of ether oxygens (including phenoxy) is 1. The first kappa shape index (κ1) is 11.5. The molecule has 0 saturated carbocycles. The summed E-state index contributed by atoms with van der Waals surface area (Å²) in [5.74, 6) is 2.85. The first-order valence-corrected chi connectivity index (χ1v) is 9.78. The Labute approximate surface area is 146 Å². The summed E-state index contributed by atoms with van der Waals surface area (Å²) in [6, 6.07) is 0.349. The van der Waals surface area contributed by atoms with Gasteiger partial charge >= 0.3 is 0 Å². The Morgan fingerprint density at radius 2 is 2.43 bits per heavy atom. The normalized spacial score (nSPS) is 44.2. The molecule has 4 heterocycles. The number of dihydropyridines is 1. The minimum atomic E-state index is -2.17. The van der Waals surface area contributed by atoms with E-state index in [9.17, 15) is 0 Å². The lowest BCUT2D eigenvalue weighted by Crippen LogP contribution is -2.41. The molecule has 0 bridgehead atoms. The summed E-state index contributed by atoms with van der Waals surface area (Å²) in [5, 5.41) is 4.29. The predicted molar refractivity (Wildman–Crippen MR) is 95.5 cm³/mol. The largest absolute Gasteiger partial charge is 0.472 e. The number of nitrogens with zero attached hydrogens (tertiary/aromatic N) is 1. The number of thioether (sulfide) groups is 1. The summed E-state index contributed by atoms with van der Waals surface area (Å²) in [6.07, 6.45) is 11.4. The second-order valence-electron chi connectivity index (χ2n) is 7.08. The molecule has 4 heteroatoms. The van der Waals surface area contributed by atoms with Gasteiger partial charge in [-0.3, -0.25) is 5.32 Å². The second kappa shape index (κ2) is 5.52. The molecule has 0 aromatic rings. The summed E-state index contributed by atoms with van der Waals surface area (Å²) in [4.78, 5) is 4.45. The third-order valence-electron chi connectivity index (χ3n) is 5.80. The van der Waals surface area contributed by atoms with Crippen LogP contribution in [0.2, 0.25) is 0 Å². The van der Waals surface area contributed by atoms with Gasteiger partial charge in [0.1, 0.15) is 5.76 Å². The molecule has 5 aliphatic rings. The van der Waals surface area contributed by atoms with Gasteiger partial charge in [0.05, 0.1) is 5.37 Å². The maximum Gasteiger partial charge on any atom is 0.196 e. The standard InChI is InChI=1S/C19H24N2OS/c1-11-5-7-14-13-3-2-4-15(17(13)22-18(14)20-11)16-8-6-12-9-10-23-19(12)21-16/h5-7,13-14,16,18-19,21H,2-4,8-10H2,1H3/t13?,14?,16-,18+,19-/m1/s1/i1D3. The molecule has 23 heavy (non-hydrogen) atoms. The monoisotopic (exact) mass is 331 g/mol. The van der Waals surface area contributed by atoms with Crippen LogP contribution in [0.25, 0.3) is 0 Å². The fourth-order valence-electron chi connectivity index (χ4n) is 4.67. The van der Waals surface area contributed by atoms with Crippen LogP contribution in [-0.2, 0) is 4.74 Å². The number of hydrogen-bond donors (Lipinski definition) is 1. The highest BCUT2D eigenvalue weighted by Crippen LogP contribution is 2.48. The molecule has 122 valence electrons. The van der Waals surface area contributed by atoms with Crippen molar-refractivity contribution in [1.82, 2.24) is 5.32 Å². The van der Waals surface area contributed by atoms with E-state index in [1.807, 2.05) is 17.8 Å². The quantitative estimate of drug-likeness (QED) is 0.742. The smallest absolute Gasteiger partial charge is 0.196 e. The maximum absolute atomic E-state index is 7.61. The van der Waals surface area contributed by atoms with E-state index in [4.69, 9.17) is 8.85 Å². The van der Waals surface area contributed by atoms with Gasteiger partial charge in [0.25, 0.3) is 0 Å². The lowest BCUT2D eigenvalue weighted by Gasteiger charge is -2.33. The van der Waals surface area contributed by atoms with E-state index >= 15 is 0 Å². The number of hydrogen-bond acceptors (Lipinski definition) is 4. The van der Waals surface area contributed by atoms with E-state index in [2.05, 4.69) is 16.4 Å². The first-order chi connectivity index (χ1) is 12.5. The molecule has 5 rings (SSSR count). The van der Waals surface area contributed by atoms with Crippen LogP contribution < -0.4 is 5.32 Å². The zero-order chi connectivity index (χ0) is 17.9. The van der Waals surface area contributed by atoms with Crippen molar-refractivity contribution in [1.29, 1.82) is 0 Å². The SMILES string of the molecule is [2H]C([2H])([2H])C1=N[C@H]2OC3=C([C@H]4CC=C5CCS[C@H]5N4)CCCC3C2C=C1. The molecule has 5 atom stereocenters. The van der Waals surface area contributed by atoms with Crippen LogP contribution in [-0.4, -0.2) is 29.1 Å². The number of rotatable bonds is 1. The Morgan fingerprint density at radius 1 is 1.43 bits per heavy atom. The highest BCUT2D eigenvalue weighted by molar-refractivity contribution is 8.00. The second-order valence-corrected chi connectivity index (χ2v) is 8.30. The van der Waals surface area contributed by atoms with Crippen molar-refractivity contribution in [2.24, 2.45) is 16.8 Å². The average molecular weight is 331 g/mol. The van der Waals surface area contributed by atoms with Crippen molar-refractivity contribution in [3.05, 3.63) is 35.1 Å². The van der Waals surface area contributed by atoms with Crippen molar-refractivity contribution in [3.8, 4) is 0 Å². The van der Waals surface area contributed by atoms with Gasteiger partial charge in [0.15, 0.2) is 6.23 Å².